The molecule has 1 saturated heterocycles. The normalized spacial score (nSPS) is 30.3. The van der Waals surface area contributed by atoms with Crippen LogP contribution in [0.5, 0.6) is 0 Å². The number of aromatic nitrogens is 1. The predicted molar refractivity (Wildman–Crippen MR) is 99.9 cm³/mol. The summed E-state index contributed by atoms with van der Waals surface area (Å²) in [6.45, 7) is 0.735. The van der Waals surface area contributed by atoms with E-state index in [1.165, 1.54) is 4.90 Å². The number of nitrogen functional groups attached to an aromatic ring is 1. The number of carboxylic acid groups (broad SMARTS) is 1. The van der Waals surface area contributed by atoms with Crippen LogP contribution in [0.1, 0.15) is 35.7 Å². The first-order chi connectivity index (χ1) is 13.7. The summed E-state index contributed by atoms with van der Waals surface area (Å²) in [5.41, 5.74) is 8.50. The van der Waals surface area contributed by atoms with Crippen LogP contribution < -0.4 is 21.8 Å². The minimum atomic E-state index is -1.57. The number of hydrogen-bond donors (Lipinski definition) is 3. The summed E-state index contributed by atoms with van der Waals surface area (Å²) in [5, 5.41) is 8.74. The SMILES string of the molecule is Nc1c(F)c(N2CCC3(CC3N)C2)c(F)c2c1c(=O)c(C(=O)O)cn2C1C[C@@H]1F. The number of fused-ring (bicyclic) bond motifs is 1. The van der Waals surface area contributed by atoms with Gasteiger partial charge in [-0.25, -0.2) is 18.0 Å². The number of nitrogens with two attached hydrogens (primary N) is 2. The van der Waals surface area contributed by atoms with Gasteiger partial charge in [-0.2, -0.15) is 0 Å². The zero-order valence-electron chi connectivity index (χ0n) is 15.3. The minimum absolute atomic E-state index is 0.0218. The topological polar surface area (TPSA) is 115 Å². The van der Waals surface area contributed by atoms with Gasteiger partial charge in [0.2, 0.25) is 5.43 Å². The lowest BCUT2D eigenvalue weighted by atomic mass is 10.1. The molecule has 0 amide bonds. The van der Waals surface area contributed by atoms with E-state index in [0.717, 1.165) is 17.2 Å². The zero-order chi connectivity index (χ0) is 20.8. The number of halogens is 3. The van der Waals surface area contributed by atoms with E-state index in [2.05, 4.69) is 0 Å². The molecule has 0 radical (unpaired) electrons. The van der Waals surface area contributed by atoms with Crippen molar-refractivity contribution in [2.75, 3.05) is 23.7 Å². The maximum absolute atomic E-state index is 15.6. The summed E-state index contributed by atoms with van der Waals surface area (Å²) >= 11 is 0. The third-order valence-electron chi connectivity index (χ3n) is 6.59. The molecule has 2 aliphatic carbocycles. The van der Waals surface area contributed by atoms with Crippen molar-refractivity contribution >= 4 is 28.2 Å². The molecule has 5 rings (SSSR count). The standard InChI is InChI=1S/C19H19F3N4O3/c20-8-3-9(8)26-5-7(18(28)29)17(27)11-14(24)12(21)16(13(22)15(11)26)25-2-1-19(6-25)4-10(19)23/h5,8-10H,1-4,6,23-24H2,(H,28,29)/t8-,9?,10?,19?/m0/s1. The Morgan fingerprint density at radius 1 is 1.31 bits per heavy atom. The maximum atomic E-state index is 15.6. The maximum Gasteiger partial charge on any atom is 0.341 e. The molecule has 10 heteroatoms. The molecule has 7 nitrogen and oxygen atoms in total. The Bertz CT molecular complexity index is 1150. The molecule has 3 unspecified atom stereocenters. The molecule has 4 atom stereocenters. The smallest absolute Gasteiger partial charge is 0.341 e. The number of anilines is 2. The van der Waals surface area contributed by atoms with Crippen LogP contribution in [0.15, 0.2) is 11.0 Å². The second-order valence-electron chi connectivity index (χ2n) is 8.36. The quantitative estimate of drug-likeness (QED) is 0.667. The Labute approximate surface area is 162 Å². The van der Waals surface area contributed by atoms with Crippen molar-refractivity contribution in [3.63, 3.8) is 0 Å². The zero-order valence-corrected chi connectivity index (χ0v) is 15.3. The van der Waals surface area contributed by atoms with Crippen molar-refractivity contribution in [3.8, 4) is 0 Å². The number of benzene rings is 1. The van der Waals surface area contributed by atoms with Gasteiger partial charge in [0.1, 0.15) is 17.4 Å². The van der Waals surface area contributed by atoms with Crippen molar-refractivity contribution < 1.29 is 23.1 Å². The third-order valence-corrected chi connectivity index (χ3v) is 6.59. The van der Waals surface area contributed by atoms with Gasteiger partial charge >= 0.3 is 5.97 Å². The first-order valence-corrected chi connectivity index (χ1v) is 9.39. The summed E-state index contributed by atoms with van der Waals surface area (Å²) in [6.07, 6.45) is 1.11. The first-order valence-electron chi connectivity index (χ1n) is 9.39. The van der Waals surface area contributed by atoms with E-state index in [4.69, 9.17) is 11.5 Å². The van der Waals surface area contributed by atoms with E-state index >= 15 is 8.78 Å². The highest BCUT2D eigenvalue weighted by Crippen LogP contribution is 2.53. The van der Waals surface area contributed by atoms with Gasteiger partial charge in [-0.05, 0) is 12.8 Å². The number of carbonyl (C=O) groups is 1. The number of alkyl halides is 1. The van der Waals surface area contributed by atoms with Gasteiger partial charge in [0, 0.05) is 37.2 Å². The monoisotopic (exact) mass is 408 g/mol. The molecule has 1 aromatic heterocycles. The Hall–Kier alpha value is -2.75. The van der Waals surface area contributed by atoms with Crippen LogP contribution in [0.3, 0.4) is 0 Å². The molecule has 5 N–H and O–H groups in total. The molecule has 154 valence electrons. The van der Waals surface area contributed by atoms with Crippen molar-refractivity contribution in [1.29, 1.82) is 0 Å². The van der Waals surface area contributed by atoms with E-state index in [9.17, 15) is 19.1 Å². The van der Waals surface area contributed by atoms with E-state index < -0.39 is 51.9 Å². The second-order valence-corrected chi connectivity index (χ2v) is 8.36. The van der Waals surface area contributed by atoms with Gasteiger partial charge in [-0.15, -0.1) is 0 Å². The fraction of sp³-hybridized carbons (Fsp3) is 0.474. The van der Waals surface area contributed by atoms with Gasteiger partial charge in [-0.3, -0.25) is 4.79 Å². The number of rotatable bonds is 3. The number of carboxylic acids is 1. The van der Waals surface area contributed by atoms with Crippen LogP contribution in [0, 0.1) is 17.0 Å². The molecular weight excluding hydrogens is 389 g/mol. The van der Waals surface area contributed by atoms with Crippen LogP contribution in [-0.4, -0.2) is 40.9 Å². The summed E-state index contributed by atoms with van der Waals surface area (Å²) in [5.74, 6) is -3.72. The highest BCUT2D eigenvalue weighted by Gasteiger charge is 2.56. The van der Waals surface area contributed by atoms with Gasteiger partial charge in [-0.1, -0.05) is 0 Å². The van der Waals surface area contributed by atoms with Crippen molar-refractivity contribution in [1.82, 2.24) is 4.57 Å². The lowest BCUT2D eigenvalue weighted by molar-refractivity contribution is 0.0694. The number of nitrogens with zero attached hydrogens (tertiary/aromatic N) is 2. The van der Waals surface area contributed by atoms with Crippen molar-refractivity contribution in [2.24, 2.45) is 11.1 Å². The number of aromatic carboxylic acids is 1. The van der Waals surface area contributed by atoms with Gasteiger partial charge in [0.05, 0.1) is 22.6 Å². The van der Waals surface area contributed by atoms with Crippen LogP contribution in [0.2, 0.25) is 0 Å². The molecule has 2 aromatic rings. The van der Waals surface area contributed by atoms with Gasteiger partial charge < -0.3 is 26.0 Å². The lowest BCUT2D eigenvalue weighted by Crippen LogP contribution is -2.27. The predicted octanol–water partition coefficient (Wildman–Crippen LogP) is 1.77. The Morgan fingerprint density at radius 3 is 2.48 bits per heavy atom. The summed E-state index contributed by atoms with van der Waals surface area (Å²) in [7, 11) is 0. The third kappa shape index (κ3) is 2.41. The molecule has 3 fully saturated rings. The Balaban J connectivity index is 1.78. The van der Waals surface area contributed by atoms with Crippen molar-refractivity contribution in [3.05, 3.63) is 33.6 Å². The first kappa shape index (κ1) is 18.3. The van der Waals surface area contributed by atoms with Gasteiger partial charge in [0.15, 0.2) is 11.6 Å². The average Bonchev–Trinajstić information content (AvgIpc) is 3.47. The number of pyridine rings is 1. The Morgan fingerprint density at radius 2 is 1.97 bits per heavy atom. The number of hydrogen-bond acceptors (Lipinski definition) is 5. The molecule has 2 heterocycles. The molecule has 1 aliphatic heterocycles. The second kappa shape index (κ2) is 5.65. The molecule has 1 aromatic carbocycles. The average molecular weight is 408 g/mol. The summed E-state index contributed by atoms with van der Waals surface area (Å²) in [4.78, 5) is 25.6. The van der Waals surface area contributed by atoms with E-state index in [1.807, 2.05) is 0 Å². The van der Waals surface area contributed by atoms with E-state index in [0.29, 0.717) is 19.5 Å². The Kier molecular flexibility index (Phi) is 3.57. The van der Waals surface area contributed by atoms with Crippen LogP contribution in [0.4, 0.5) is 24.5 Å². The molecule has 3 aliphatic rings. The minimum Gasteiger partial charge on any atom is -0.477 e. The van der Waals surface area contributed by atoms with Crippen LogP contribution in [0.25, 0.3) is 10.9 Å². The van der Waals surface area contributed by atoms with Gasteiger partial charge in [0.25, 0.3) is 0 Å². The van der Waals surface area contributed by atoms with Crippen molar-refractivity contribution in [2.45, 2.75) is 37.5 Å². The summed E-state index contributed by atoms with van der Waals surface area (Å²) < 4.78 is 45.6. The fourth-order valence-electron chi connectivity index (χ4n) is 4.62. The molecule has 29 heavy (non-hydrogen) atoms. The fourth-order valence-corrected chi connectivity index (χ4v) is 4.62. The molecule has 1 spiro atoms. The van der Waals surface area contributed by atoms with Crippen LogP contribution in [-0.2, 0) is 0 Å². The summed E-state index contributed by atoms with van der Waals surface area (Å²) in [6, 6.07) is -0.850. The highest BCUT2D eigenvalue weighted by molar-refractivity contribution is 5.99. The molecule has 0 bridgehead atoms. The molecule has 2 saturated carbocycles. The molecular formula is C19H19F3N4O3. The van der Waals surface area contributed by atoms with Crippen LogP contribution >= 0.6 is 0 Å². The van der Waals surface area contributed by atoms with E-state index in [1.54, 1.807) is 0 Å². The highest BCUT2D eigenvalue weighted by atomic mass is 19.1. The van der Waals surface area contributed by atoms with E-state index in [-0.39, 0.29) is 29.1 Å². The largest absolute Gasteiger partial charge is 0.477 e. The lowest BCUT2D eigenvalue weighted by Gasteiger charge is -2.23.